The Hall–Kier alpha value is -1.49. The highest BCUT2D eigenvalue weighted by Crippen LogP contribution is 2.26. The van der Waals surface area contributed by atoms with Gasteiger partial charge in [-0.15, -0.1) is 0 Å². The molecular weight excluding hydrogens is 286 g/mol. The molecule has 2 aliphatic rings. The van der Waals surface area contributed by atoms with E-state index in [9.17, 15) is 13.6 Å². The van der Waals surface area contributed by atoms with Crippen LogP contribution in [0.5, 0.6) is 0 Å². The zero-order valence-corrected chi connectivity index (χ0v) is 12.7. The first kappa shape index (κ1) is 15.4. The maximum Gasteiger partial charge on any atom is 0.227 e. The number of piperidine rings is 1. The number of rotatable bonds is 3. The van der Waals surface area contributed by atoms with Crippen LogP contribution in [0.15, 0.2) is 18.2 Å². The quantitative estimate of drug-likeness (QED) is 0.930. The lowest BCUT2D eigenvalue weighted by Crippen LogP contribution is -2.44. The van der Waals surface area contributed by atoms with Crippen LogP contribution in [0.4, 0.5) is 8.78 Å². The average Bonchev–Trinajstić information content (AvgIpc) is 3.05. The predicted octanol–water partition coefficient (Wildman–Crippen LogP) is 2.50. The van der Waals surface area contributed by atoms with Gasteiger partial charge in [0, 0.05) is 24.7 Å². The van der Waals surface area contributed by atoms with E-state index in [2.05, 4.69) is 5.32 Å². The van der Waals surface area contributed by atoms with E-state index in [1.807, 2.05) is 0 Å². The molecule has 1 N–H and O–H groups in total. The smallest absolute Gasteiger partial charge is 0.227 e. The molecule has 0 aliphatic carbocycles. The first-order valence-corrected chi connectivity index (χ1v) is 8.09. The third-order valence-corrected chi connectivity index (χ3v) is 4.95. The van der Waals surface area contributed by atoms with Gasteiger partial charge < -0.3 is 10.2 Å². The third kappa shape index (κ3) is 3.29. The van der Waals surface area contributed by atoms with Crippen LogP contribution in [0.25, 0.3) is 0 Å². The fraction of sp³-hybridized carbons (Fsp3) is 0.588. The number of nitrogens with zero attached hydrogens (tertiary/aromatic N) is 1. The standard InChI is InChI=1S/C17H22F2N2O/c18-14-3-1-4-15(19)13(14)11-17(22)21-9-6-12(7-10-21)16-5-2-8-20-16/h1,3-4,12,16,20H,2,5-11H2. The molecule has 0 spiro atoms. The largest absolute Gasteiger partial charge is 0.342 e. The molecule has 0 aromatic heterocycles. The van der Waals surface area contributed by atoms with Crippen molar-refractivity contribution < 1.29 is 13.6 Å². The van der Waals surface area contributed by atoms with Gasteiger partial charge in [0.05, 0.1) is 6.42 Å². The number of hydrogen-bond acceptors (Lipinski definition) is 2. The zero-order chi connectivity index (χ0) is 15.5. The highest BCUT2D eigenvalue weighted by molar-refractivity contribution is 5.79. The summed E-state index contributed by atoms with van der Waals surface area (Å²) in [4.78, 5) is 14.0. The maximum atomic E-state index is 13.6. The van der Waals surface area contributed by atoms with Gasteiger partial charge in [-0.3, -0.25) is 4.79 Å². The molecule has 2 aliphatic heterocycles. The summed E-state index contributed by atoms with van der Waals surface area (Å²) in [7, 11) is 0. The van der Waals surface area contributed by atoms with E-state index in [0.717, 1.165) is 19.4 Å². The summed E-state index contributed by atoms with van der Waals surface area (Å²) in [6, 6.07) is 4.30. The Labute approximate surface area is 129 Å². The van der Waals surface area contributed by atoms with Crippen molar-refractivity contribution in [3.63, 3.8) is 0 Å². The van der Waals surface area contributed by atoms with Crippen LogP contribution in [-0.4, -0.2) is 36.5 Å². The molecule has 5 heteroatoms. The summed E-state index contributed by atoms with van der Waals surface area (Å²) in [6.07, 6.45) is 4.21. The summed E-state index contributed by atoms with van der Waals surface area (Å²) in [5.74, 6) is -0.838. The van der Waals surface area contributed by atoms with Crippen molar-refractivity contribution in [3.8, 4) is 0 Å². The van der Waals surface area contributed by atoms with E-state index < -0.39 is 11.6 Å². The monoisotopic (exact) mass is 308 g/mol. The van der Waals surface area contributed by atoms with Crippen molar-refractivity contribution in [1.29, 1.82) is 0 Å². The second kappa shape index (κ2) is 6.73. The zero-order valence-electron chi connectivity index (χ0n) is 12.7. The minimum Gasteiger partial charge on any atom is -0.342 e. The Morgan fingerprint density at radius 1 is 1.18 bits per heavy atom. The van der Waals surface area contributed by atoms with Crippen molar-refractivity contribution in [2.24, 2.45) is 5.92 Å². The summed E-state index contributed by atoms with van der Waals surface area (Å²) >= 11 is 0. The number of hydrogen-bond donors (Lipinski definition) is 1. The summed E-state index contributed by atoms with van der Waals surface area (Å²) in [6.45, 7) is 2.48. The van der Waals surface area contributed by atoms with Crippen LogP contribution in [0.3, 0.4) is 0 Å². The molecule has 1 aromatic carbocycles. The highest BCUT2D eigenvalue weighted by atomic mass is 19.1. The van der Waals surface area contributed by atoms with Gasteiger partial charge in [-0.2, -0.15) is 0 Å². The minimum absolute atomic E-state index is 0.118. The van der Waals surface area contributed by atoms with E-state index in [1.165, 1.54) is 31.0 Å². The normalized spacial score (nSPS) is 23.0. The van der Waals surface area contributed by atoms with Crippen LogP contribution >= 0.6 is 0 Å². The van der Waals surface area contributed by atoms with Gasteiger partial charge in [0.2, 0.25) is 5.91 Å². The molecule has 120 valence electrons. The third-order valence-electron chi connectivity index (χ3n) is 4.95. The van der Waals surface area contributed by atoms with Crippen LogP contribution in [0.2, 0.25) is 0 Å². The predicted molar refractivity (Wildman–Crippen MR) is 80.4 cm³/mol. The molecular formula is C17H22F2N2O. The number of halogens is 2. The number of amides is 1. The van der Waals surface area contributed by atoms with E-state index >= 15 is 0 Å². The number of carbonyl (C=O) groups is 1. The summed E-state index contributed by atoms with van der Waals surface area (Å²) in [5, 5.41) is 3.52. The SMILES string of the molecule is O=C(Cc1c(F)cccc1F)N1CCC(C2CCCN2)CC1. The fourth-order valence-electron chi connectivity index (χ4n) is 3.63. The van der Waals surface area contributed by atoms with Crippen molar-refractivity contribution in [1.82, 2.24) is 10.2 Å². The van der Waals surface area contributed by atoms with Crippen LogP contribution in [-0.2, 0) is 11.2 Å². The van der Waals surface area contributed by atoms with Gasteiger partial charge in [0.1, 0.15) is 11.6 Å². The molecule has 3 nitrogen and oxygen atoms in total. The topological polar surface area (TPSA) is 32.3 Å². The molecule has 3 rings (SSSR count). The Morgan fingerprint density at radius 3 is 2.45 bits per heavy atom. The van der Waals surface area contributed by atoms with Crippen LogP contribution in [0, 0.1) is 17.6 Å². The minimum atomic E-state index is -0.640. The lowest BCUT2D eigenvalue weighted by Gasteiger charge is -2.35. The number of carbonyl (C=O) groups excluding carboxylic acids is 1. The molecule has 1 aromatic rings. The second-order valence-corrected chi connectivity index (χ2v) is 6.30. The number of nitrogens with one attached hydrogen (secondary N) is 1. The van der Waals surface area contributed by atoms with Gasteiger partial charge in [-0.05, 0) is 50.3 Å². The number of likely N-dealkylation sites (tertiary alicyclic amines) is 1. The van der Waals surface area contributed by atoms with Gasteiger partial charge >= 0.3 is 0 Å². The Morgan fingerprint density at radius 2 is 1.86 bits per heavy atom. The van der Waals surface area contributed by atoms with Crippen molar-refractivity contribution in [3.05, 3.63) is 35.4 Å². The molecule has 0 radical (unpaired) electrons. The molecule has 1 unspecified atom stereocenters. The Kier molecular flexibility index (Phi) is 4.71. The van der Waals surface area contributed by atoms with Crippen molar-refractivity contribution in [2.75, 3.05) is 19.6 Å². The maximum absolute atomic E-state index is 13.6. The van der Waals surface area contributed by atoms with Gasteiger partial charge in [-0.1, -0.05) is 6.07 Å². The van der Waals surface area contributed by atoms with Gasteiger partial charge in [0.15, 0.2) is 0 Å². The van der Waals surface area contributed by atoms with E-state index in [-0.39, 0.29) is 17.9 Å². The molecule has 22 heavy (non-hydrogen) atoms. The van der Waals surface area contributed by atoms with Gasteiger partial charge in [0.25, 0.3) is 0 Å². The molecule has 0 saturated carbocycles. The molecule has 2 saturated heterocycles. The lowest BCUT2D eigenvalue weighted by atomic mass is 9.88. The fourth-order valence-corrected chi connectivity index (χ4v) is 3.63. The lowest BCUT2D eigenvalue weighted by molar-refractivity contribution is -0.132. The molecule has 1 atom stereocenters. The molecule has 1 amide bonds. The number of benzene rings is 1. The molecule has 2 fully saturated rings. The molecule has 2 heterocycles. The Balaban J connectivity index is 1.55. The van der Waals surface area contributed by atoms with Gasteiger partial charge in [-0.25, -0.2) is 8.78 Å². The van der Waals surface area contributed by atoms with E-state index in [0.29, 0.717) is 25.0 Å². The summed E-state index contributed by atoms with van der Waals surface area (Å²) < 4.78 is 27.3. The van der Waals surface area contributed by atoms with Crippen LogP contribution < -0.4 is 5.32 Å². The highest BCUT2D eigenvalue weighted by Gasteiger charge is 2.30. The van der Waals surface area contributed by atoms with E-state index in [1.54, 1.807) is 4.90 Å². The van der Waals surface area contributed by atoms with Crippen LogP contribution in [0.1, 0.15) is 31.2 Å². The Bertz CT molecular complexity index is 515. The summed E-state index contributed by atoms with van der Waals surface area (Å²) in [5.41, 5.74) is -0.118. The second-order valence-electron chi connectivity index (χ2n) is 6.30. The van der Waals surface area contributed by atoms with Crippen molar-refractivity contribution in [2.45, 2.75) is 38.1 Å². The first-order valence-electron chi connectivity index (χ1n) is 8.09. The van der Waals surface area contributed by atoms with E-state index in [4.69, 9.17) is 0 Å². The molecule has 0 bridgehead atoms. The van der Waals surface area contributed by atoms with Crippen molar-refractivity contribution >= 4 is 5.91 Å². The average molecular weight is 308 g/mol. The first-order chi connectivity index (χ1) is 10.6.